The highest BCUT2D eigenvalue weighted by Gasteiger charge is 2.13. The van der Waals surface area contributed by atoms with Crippen molar-refractivity contribution in [3.8, 4) is 0 Å². The number of nitrogens with zero attached hydrogens (tertiary/aromatic N) is 4. The van der Waals surface area contributed by atoms with Crippen LogP contribution in [0, 0.1) is 0 Å². The van der Waals surface area contributed by atoms with Gasteiger partial charge in [-0.15, -0.1) is 10.2 Å². The van der Waals surface area contributed by atoms with Crippen molar-refractivity contribution in [1.29, 1.82) is 0 Å². The highest BCUT2D eigenvalue weighted by Crippen LogP contribution is 2.13. The molecule has 1 N–H and O–H groups in total. The van der Waals surface area contributed by atoms with Gasteiger partial charge in [0.2, 0.25) is 0 Å². The molecule has 3 aromatic rings. The van der Waals surface area contributed by atoms with Crippen molar-refractivity contribution in [1.82, 2.24) is 24.8 Å². The molecular weight excluding hydrogens is 302 g/mol. The average molecular weight is 321 g/mol. The van der Waals surface area contributed by atoms with Crippen LogP contribution in [0.5, 0.6) is 0 Å². The van der Waals surface area contributed by atoms with Crippen molar-refractivity contribution < 1.29 is 4.79 Å². The molecule has 0 saturated carbocycles. The summed E-state index contributed by atoms with van der Waals surface area (Å²) in [7, 11) is 0. The third-order valence-corrected chi connectivity index (χ3v) is 4.35. The molecule has 6 heteroatoms. The Balaban J connectivity index is 1.40. The molecule has 0 spiro atoms. The minimum absolute atomic E-state index is 0.0984. The fraction of sp³-hybridized carbons (Fsp3) is 0.278. The summed E-state index contributed by atoms with van der Waals surface area (Å²) in [5.41, 5.74) is 3.74. The lowest BCUT2D eigenvalue weighted by molar-refractivity contribution is 0.0950. The monoisotopic (exact) mass is 321 g/mol. The predicted octanol–water partition coefficient (Wildman–Crippen LogP) is 1.87. The Kier molecular flexibility index (Phi) is 3.96. The molecule has 1 aliphatic rings. The van der Waals surface area contributed by atoms with Crippen molar-refractivity contribution in [3.63, 3.8) is 0 Å². The van der Waals surface area contributed by atoms with E-state index < -0.39 is 0 Å². The second kappa shape index (κ2) is 6.41. The standard InChI is InChI=1S/C18H19N5O/c24-18(16-5-6-17-21-20-13-23(17)12-16)19-10-14-3-1-4-15(9-14)11-22-7-2-8-22/h1,3-6,9,12-13H,2,7-8,10-11H2,(H,19,24). The Bertz CT molecular complexity index is 868. The van der Waals surface area contributed by atoms with E-state index in [1.54, 1.807) is 29.1 Å². The van der Waals surface area contributed by atoms with Gasteiger partial charge in [-0.25, -0.2) is 0 Å². The number of amides is 1. The Morgan fingerprint density at radius 3 is 2.88 bits per heavy atom. The zero-order valence-corrected chi connectivity index (χ0v) is 13.4. The van der Waals surface area contributed by atoms with Gasteiger partial charge >= 0.3 is 0 Å². The van der Waals surface area contributed by atoms with Gasteiger partial charge in [0.1, 0.15) is 6.33 Å². The quantitative estimate of drug-likeness (QED) is 0.779. The Hall–Kier alpha value is -2.73. The van der Waals surface area contributed by atoms with Crippen LogP contribution in [0.4, 0.5) is 0 Å². The second-order valence-electron chi connectivity index (χ2n) is 6.15. The molecule has 24 heavy (non-hydrogen) atoms. The van der Waals surface area contributed by atoms with Crippen LogP contribution in [0.2, 0.25) is 0 Å². The van der Waals surface area contributed by atoms with Crippen LogP contribution in [0.3, 0.4) is 0 Å². The normalized spacial score (nSPS) is 14.5. The Labute approximate surface area is 140 Å². The SMILES string of the molecule is O=C(NCc1cccc(CN2CCC2)c1)c1ccc2nncn2c1. The van der Waals surface area contributed by atoms with Crippen molar-refractivity contribution in [2.75, 3.05) is 13.1 Å². The second-order valence-corrected chi connectivity index (χ2v) is 6.15. The van der Waals surface area contributed by atoms with E-state index in [9.17, 15) is 4.79 Å². The maximum Gasteiger partial charge on any atom is 0.253 e. The number of carbonyl (C=O) groups excluding carboxylic acids is 1. The number of likely N-dealkylation sites (tertiary alicyclic amines) is 1. The fourth-order valence-electron chi connectivity index (χ4n) is 2.88. The summed E-state index contributed by atoms with van der Waals surface area (Å²) in [5.74, 6) is -0.0984. The maximum atomic E-state index is 12.3. The van der Waals surface area contributed by atoms with Gasteiger partial charge in [-0.3, -0.25) is 14.1 Å². The molecule has 4 rings (SSSR count). The summed E-state index contributed by atoms with van der Waals surface area (Å²) >= 11 is 0. The highest BCUT2D eigenvalue weighted by molar-refractivity contribution is 5.94. The summed E-state index contributed by atoms with van der Waals surface area (Å²) in [6, 6.07) is 12.0. The van der Waals surface area contributed by atoms with Gasteiger partial charge < -0.3 is 5.32 Å². The fourth-order valence-corrected chi connectivity index (χ4v) is 2.88. The molecule has 0 atom stereocenters. The number of aromatic nitrogens is 3. The number of hydrogen-bond acceptors (Lipinski definition) is 4. The van der Waals surface area contributed by atoms with Crippen molar-refractivity contribution in [3.05, 3.63) is 65.6 Å². The van der Waals surface area contributed by atoms with Crippen LogP contribution < -0.4 is 5.32 Å². The summed E-state index contributed by atoms with van der Waals surface area (Å²) in [4.78, 5) is 14.8. The molecular formula is C18H19N5O. The molecule has 1 saturated heterocycles. The smallest absolute Gasteiger partial charge is 0.253 e. The van der Waals surface area contributed by atoms with E-state index in [4.69, 9.17) is 0 Å². The first-order chi connectivity index (χ1) is 11.8. The molecule has 0 unspecified atom stereocenters. The average Bonchev–Trinajstić information content (AvgIpc) is 3.04. The summed E-state index contributed by atoms with van der Waals surface area (Å²) < 4.78 is 1.74. The third-order valence-electron chi connectivity index (χ3n) is 4.35. The predicted molar refractivity (Wildman–Crippen MR) is 90.5 cm³/mol. The Morgan fingerprint density at radius 1 is 1.17 bits per heavy atom. The minimum atomic E-state index is -0.0984. The number of nitrogens with one attached hydrogen (secondary N) is 1. The highest BCUT2D eigenvalue weighted by atomic mass is 16.1. The molecule has 1 aliphatic heterocycles. The van der Waals surface area contributed by atoms with Gasteiger partial charge in [-0.1, -0.05) is 24.3 Å². The van der Waals surface area contributed by atoms with Crippen LogP contribution >= 0.6 is 0 Å². The molecule has 0 bridgehead atoms. The van der Waals surface area contributed by atoms with Crippen LogP contribution in [0.25, 0.3) is 5.65 Å². The van der Waals surface area contributed by atoms with Gasteiger partial charge in [0.05, 0.1) is 5.56 Å². The van der Waals surface area contributed by atoms with Crippen LogP contribution in [0.15, 0.2) is 48.9 Å². The lowest BCUT2D eigenvalue weighted by Gasteiger charge is -2.30. The lowest BCUT2D eigenvalue weighted by Crippen LogP contribution is -2.36. The van der Waals surface area contributed by atoms with Crippen LogP contribution in [-0.4, -0.2) is 38.5 Å². The molecule has 0 radical (unpaired) electrons. The lowest BCUT2D eigenvalue weighted by atomic mass is 10.1. The van der Waals surface area contributed by atoms with E-state index >= 15 is 0 Å². The number of benzene rings is 1. The van der Waals surface area contributed by atoms with E-state index in [2.05, 4.69) is 38.6 Å². The summed E-state index contributed by atoms with van der Waals surface area (Å²) in [5, 5.41) is 10.7. The summed E-state index contributed by atoms with van der Waals surface area (Å²) in [6.45, 7) is 3.89. The van der Waals surface area contributed by atoms with Gasteiger partial charge in [0, 0.05) is 19.3 Å². The Morgan fingerprint density at radius 2 is 2.04 bits per heavy atom. The van der Waals surface area contributed by atoms with Crippen LogP contribution in [0.1, 0.15) is 27.9 Å². The number of rotatable bonds is 5. The van der Waals surface area contributed by atoms with E-state index in [0.717, 1.165) is 17.8 Å². The van der Waals surface area contributed by atoms with Crippen LogP contribution in [-0.2, 0) is 13.1 Å². The third kappa shape index (κ3) is 3.14. The van der Waals surface area contributed by atoms with Gasteiger partial charge in [-0.2, -0.15) is 0 Å². The number of fused-ring (bicyclic) bond motifs is 1. The molecule has 6 nitrogen and oxygen atoms in total. The minimum Gasteiger partial charge on any atom is -0.348 e. The van der Waals surface area contributed by atoms with Gasteiger partial charge in [0.15, 0.2) is 5.65 Å². The largest absolute Gasteiger partial charge is 0.348 e. The maximum absolute atomic E-state index is 12.3. The van der Waals surface area contributed by atoms with Crippen molar-refractivity contribution in [2.24, 2.45) is 0 Å². The number of pyridine rings is 1. The van der Waals surface area contributed by atoms with E-state index in [0.29, 0.717) is 12.1 Å². The molecule has 1 amide bonds. The molecule has 1 aromatic carbocycles. The first kappa shape index (κ1) is 14.8. The summed E-state index contributed by atoms with van der Waals surface area (Å²) in [6.07, 6.45) is 4.63. The van der Waals surface area contributed by atoms with E-state index in [1.807, 2.05) is 6.07 Å². The molecule has 122 valence electrons. The number of carbonyl (C=O) groups is 1. The van der Waals surface area contributed by atoms with E-state index in [-0.39, 0.29) is 5.91 Å². The first-order valence-electron chi connectivity index (χ1n) is 8.16. The zero-order valence-electron chi connectivity index (χ0n) is 13.4. The first-order valence-corrected chi connectivity index (χ1v) is 8.16. The van der Waals surface area contributed by atoms with E-state index in [1.165, 1.54) is 25.1 Å². The number of hydrogen-bond donors (Lipinski definition) is 1. The van der Waals surface area contributed by atoms with Gasteiger partial charge in [0.25, 0.3) is 5.91 Å². The molecule has 3 heterocycles. The van der Waals surface area contributed by atoms with Gasteiger partial charge in [-0.05, 0) is 42.8 Å². The molecule has 2 aromatic heterocycles. The molecule has 0 aliphatic carbocycles. The zero-order chi connectivity index (χ0) is 16.4. The van der Waals surface area contributed by atoms with Crippen molar-refractivity contribution in [2.45, 2.75) is 19.5 Å². The van der Waals surface area contributed by atoms with Crippen molar-refractivity contribution >= 4 is 11.6 Å². The molecule has 1 fully saturated rings. The topological polar surface area (TPSA) is 62.5 Å².